The smallest absolute Gasteiger partial charge is 0.0291 e. The largest absolute Gasteiger partial charge is 0.0795 e. The number of rotatable bonds is 8. The third-order valence-corrected chi connectivity index (χ3v) is 32.1. The molecule has 0 nitrogen and oxygen atoms in total. The number of benzene rings is 21. The number of hydrogen-bond donors (Lipinski definition) is 0. The number of allylic oxidation sites excluding steroid dienone is 13. The van der Waals surface area contributed by atoms with Crippen molar-refractivity contribution in [2.24, 2.45) is 0 Å². The summed E-state index contributed by atoms with van der Waals surface area (Å²) in [4.78, 5) is 0. The van der Waals surface area contributed by atoms with Crippen molar-refractivity contribution < 1.29 is 0 Å². The van der Waals surface area contributed by atoms with E-state index in [9.17, 15) is 0 Å². The molecular formula is C143H88. The molecule has 0 N–H and O–H groups in total. The van der Waals surface area contributed by atoms with Crippen molar-refractivity contribution in [3.05, 3.63) is 646 Å². The summed E-state index contributed by atoms with van der Waals surface area (Å²) in [5.41, 5.74) is 63.9. The molecule has 21 aromatic rings. The van der Waals surface area contributed by atoms with E-state index in [1.807, 2.05) is 0 Å². The molecule has 0 radical (unpaired) electrons. The van der Waals surface area contributed by atoms with Gasteiger partial charge in [0.25, 0.3) is 0 Å². The lowest BCUT2D eigenvalue weighted by Crippen LogP contribution is -1.99. The molecule has 0 spiro atoms. The second kappa shape index (κ2) is 32.2. The van der Waals surface area contributed by atoms with E-state index in [0.29, 0.717) is 0 Å². The molecule has 12 aliphatic carbocycles. The van der Waals surface area contributed by atoms with Gasteiger partial charge in [-0.15, -0.1) is 0 Å². The summed E-state index contributed by atoms with van der Waals surface area (Å²) in [5.74, 6) is 0.264. The third-order valence-electron chi connectivity index (χ3n) is 32.1. The standard InChI is InChI=1S/C38H22.3C35H22/c1-2-12-26-23(9-1)10-7-17-27(26)35-29-13-3-5-15-31(29)38-36(30-14-4-6-16-32(30)37(35)38)33-22-21-25-20-19-24-11-8-18-28(33)34(24)25;1-3-13-24-22(10-1)12-9-19-26(24)32-27-15-5-7-17-29(27)35-33(28-16-6-8-18-30(28)34(32)35)31-21-20-23-11-2-4-14-25(23)31;1-2-13-26-23(9-1)11-8-18-27(26)33-29-15-4-6-17-31(29)34-32(28-14-3-5-16-30(28)35(33)34)25-20-19-22-10-7-12-24(22)21-25;1-2-12-24-21-25(20-23(24)11-1)32-28-15-5-7-17-30(28)35-33(29-16-6-8-18-31(29)34(32)35)27-19-9-13-22-10-3-4-14-26(22)27/h1-22H;1-21,31H;1-9,11-21H,10H2;1-20H,21H2. The predicted octanol–water partition coefficient (Wildman–Crippen LogP) is 35.9. The molecule has 143 heavy (non-hydrogen) atoms. The zero-order chi connectivity index (χ0) is 93.6. The van der Waals surface area contributed by atoms with Crippen LogP contribution in [0.2, 0.25) is 0 Å². The molecular weight excluding hydrogens is 1720 g/mol. The van der Waals surface area contributed by atoms with E-state index in [4.69, 9.17) is 0 Å². The summed E-state index contributed by atoms with van der Waals surface area (Å²) < 4.78 is 0. The quantitative estimate of drug-likeness (QED) is 0.142. The average Bonchev–Trinajstić information content (AvgIpc) is 1.56. The van der Waals surface area contributed by atoms with Gasteiger partial charge in [-0.3, -0.25) is 0 Å². The van der Waals surface area contributed by atoms with Gasteiger partial charge in [0.15, 0.2) is 0 Å². The van der Waals surface area contributed by atoms with Crippen LogP contribution >= 0.6 is 0 Å². The predicted molar refractivity (Wildman–Crippen MR) is 605 cm³/mol. The van der Waals surface area contributed by atoms with Crippen molar-refractivity contribution in [1.82, 2.24) is 0 Å². The molecule has 33 rings (SSSR count). The molecule has 0 fully saturated rings. The van der Waals surface area contributed by atoms with Gasteiger partial charge in [-0.05, 0) is 334 Å². The van der Waals surface area contributed by atoms with E-state index >= 15 is 0 Å². The molecule has 1 unspecified atom stereocenters. The van der Waals surface area contributed by atoms with Crippen molar-refractivity contribution in [2.75, 3.05) is 0 Å². The molecule has 0 saturated carbocycles. The Bertz CT molecular complexity index is 9710. The lowest BCUT2D eigenvalue weighted by molar-refractivity contribution is 1.14. The van der Waals surface area contributed by atoms with Gasteiger partial charge in [0, 0.05) is 5.92 Å². The van der Waals surface area contributed by atoms with Crippen LogP contribution in [0.4, 0.5) is 0 Å². The molecule has 0 heteroatoms. The third kappa shape index (κ3) is 12.2. The molecule has 0 aromatic heterocycles. The normalized spacial score (nSPS) is 15.4. The summed E-state index contributed by atoms with van der Waals surface area (Å²) in [6.45, 7) is 0. The van der Waals surface area contributed by atoms with Crippen molar-refractivity contribution in [3.8, 4) is 0 Å². The van der Waals surface area contributed by atoms with Crippen LogP contribution in [0.5, 0.6) is 0 Å². The molecule has 0 heterocycles. The number of hydrogen-bond acceptors (Lipinski definition) is 0. The first-order chi connectivity index (χ1) is 71.0. The van der Waals surface area contributed by atoms with Gasteiger partial charge in [-0.25, -0.2) is 0 Å². The van der Waals surface area contributed by atoms with Gasteiger partial charge >= 0.3 is 0 Å². The summed E-state index contributed by atoms with van der Waals surface area (Å²) in [6, 6.07) is 170. The van der Waals surface area contributed by atoms with Crippen molar-refractivity contribution in [2.45, 2.75) is 18.8 Å². The highest BCUT2D eigenvalue weighted by atomic mass is 14.5. The molecule has 0 saturated heterocycles. The summed E-state index contributed by atoms with van der Waals surface area (Å²) in [7, 11) is 0. The molecule has 0 aliphatic heterocycles. The van der Waals surface area contributed by atoms with Gasteiger partial charge in [0.05, 0.1) is 0 Å². The van der Waals surface area contributed by atoms with Crippen LogP contribution < -0.4 is 0 Å². The zero-order valence-electron chi connectivity index (χ0n) is 78.4. The van der Waals surface area contributed by atoms with Crippen molar-refractivity contribution >= 4 is 173 Å². The fourth-order valence-corrected chi connectivity index (χ4v) is 26.2. The van der Waals surface area contributed by atoms with Gasteiger partial charge < -0.3 is 0 Å². The van der Waals surface area contributed by atoms with Gasteiger partial charge in [0.2, 0.25) is 0 Å². The lowest BCUT2D eigenvalue weighted by Gasteiger charge is -2.17. The van der Waals surface area contributed by atoms with Crippen LogP contribution in [-0.2, 0) is 12.8 Å². The highest BCUT2D eigenvalue weighted by Gasteiger charge is 2.45. The fraction of sp³-hybridized carbons (Fsp3) is 0.0210. The van der Waals surface area contributed by atoms with E-state index in [1.165, 1.54) is 316 Å². The van der Waals surface area contributed by atoms with Crippen LogP contribution in [0.25, 0.3) is 173 Å². The Hall–Kier alpha value is -18.2. The first-order valence-electron chi connectivity index (χ1n) is 50.3. The Morgan fingerprint density at radius 3 is 0.937 bits per heavy atom. The maximum atomic E-state index is 2.41. The Labute approximate surface area is 831 Å². The van der Waals surface area contributed by atoms with Gasteiger partial charge in [-0.1, -0.05) is 498 Å². The minimum absolute atomic E-state index is 0.264. The van der Waals surface area contributed by atoms with E-state index < -0.39 is 0 Å². The van der Waals surface area contributed by atoms with Crippen LogP contribution in [0, 0.1) is 0 Å². The second-order valence-electron chi connectivity index (χ2n) is 39.3. The monoisotopic (exact) mass is 1800 g/mol. The zero-order valence-corrected chi connectivity index (χ0v) is 78.4. The molecule has 660 valence electrons. The Morgan fingerprint density at radius 2 is 0.483 bits per heavy atom. The van der Waals surface area contributed by atoms with E-state index in [0.717, 1.165) is 12.8 Å². The van der Waals surface area contributed by atoms with E-state index in [-0.39, 0.29) is 5.92 Å². The van der Waals surface area contributed by atoms with Gasteiger partial charge in [-0.2, -0.15) is 0 Å². The molecule has 0 bridgehead atoms. The lowest BCUT2D eigenvalue weighted by atomic mass is 9.86. The number of fused-ring (bicyclic) bond motifs is 27. The van der Waals surface area contributed by atoms with Crippen LogP contribution in [0.15, 0.2) is 479 Å². The Balaban J connectivity index is 0.0000000890. The average molecular weight is 1810 g/mol. The maximum Gasteiger partial charge on any atom is 0.0291 e. The van der Waals surface area contributed by atoms with Crippen LogP contribution in [0.3, 0.4) is 0 Å². The Kier molecular flexibility index (Phi) is 18.2. The van der Waals surface area contributed by atoms with E-state index in [2.05, 4.69) is 504 Å². The molecule has 21 aromatic carbocycles. The highest BCUT2D eigenvalue weighted by molar-refractivity contribution is 6.41. The summed E-state index contributed by atoms with van der Waals surface area (Å²) in [5, 5.41) is 13.1. The maximum absolute atomic E-state index is 2.41. The summed E-state index contributed by atoms with van der Waals surface area (Å²) in [6.07, 6.45) is 18.2. The van der Waals surface area contributed by atoms with Crippen molar-refractivity contribution in [1.29, 1.82) is 0 Å². The minimum atomic E-state index is 0.264. The summed E-state index contributed by atoms with van der Waals surface area (Å²) >= 11 is 0. The molecule has 12 aliphatic rings. The SMILES string of the molecule is C1=C(C2=C3C(=C(c4cccc5ccccc45)c4ccccc43)c3ccccc32)Cc2ccccc21.C1=CC(C2=C3C(=C(c4cccc5ccccc45)c4ccccc43)c3ccccc32)c2ccccc21.C1=Cc2cc(C3=C4C(=C(c5cccc6ccccc56)c5ccccc54)c4ccccc43)ccc2C1.C1=Cc2ccc(C3=C4C(=C(c5cccc6ccccc56)c5ccccc54)c4ccccc43)c3cccc1c23. The van der Waals surface area contributed by atoms with Gasteiger partial charge in [0.1, 0.15) is 0 Å². The van der Waals surface area contributed by atoms with Crippen LogP contribution in [-0.4, -0.2) is 0 Å². The van der Waals surface area contributed by atoms with Crippen molar-refractivity contribution in [3.63, 3.8) is 0 Å². The second-order valence-corrected chi connectivity index (χ2v) is 39.3. The molecule has 0 amide bonds. The van der Waals surface area contributed by atoms with E-state index in [1.54, 1.807) is 0 Å². The highest BCUT2D eigenvalue weighted by Crippen LogP contribution is 2.66. The first-order valence-corrected chi connectivity index (χ1v) is 50.3. The first kappa shape index (κ1) is 80.9. The topological polar surface area (TPSA) is 0 Å². The molecule has 1 atom stereocenters. The fourth-order valence-electron chi connectivity index (χ4n) is 26.2. The van der Waals surface area contributed by atoms with Crippen LogP contribution in [0.1, 0.15) is 173 Å². The Morgan fingerprint density at radius 1 is 0.175 bits per heavy atom. The minimum Gasteiger partial charge on any atom is -0.0795 e.